The van der Waals surface area contributed by atoms with Gasteiger partial charge in [-0.1, -0.05) is 31.5 Å². The topological polar surface area (TPSA) is 37.4 Å². The van der Waals surface area contributed by atoms with Gasteiger partial charge in [-0.05, 0) is 48.2 Å². The summed E-state index contributed by atoms with van der Waals surface area (Å²) in [4.78, 5) is 27.8. The van der Waals surface area contributed by atoms with Crippen LogP contribution in [0.4, 0.5) is 14.5 Å². The number of rotatable bonds is 2. The Labute approximate surface area is 173 Å². The maximum Gasteiger partial charge on any atom is 0.232 e. The third-order valence-corrected chi connectivity index (χ3v) is 5.91. The molecule has 1 aliphatic carbocycles. The minimum absolute atomic E-state index is 0.0803. The molecule has 0 N–H and O–H groups in total. The number of halogens is 3. The van der Waals surface area contributed by atoms with E-state index in [0.717, 1.165) is 0 Å². The lowest BCUT2D eigenvalue weighted by atomic mass is 9.69. The van der Waals surface area contributed by atoms with Gasteiger partial charge in [-0.2, -0.15) is 0 Å². The number of hydrogen-bond acceptors (Lipinski definition) is 2. The first kappa shape index (κ1) is 19.8. The van der Waals surface area contributed by atoms with Crippen LogP contribution >= 0.6 is 11.6 Å². The average Bonchev–Trinajstić information content (AvgIpc) is 2.61. The van der Waals surface area contributed by atoms with Crippen molar-refractivity contribution in [2.24, 2.45) is 5.41 Å². The molecule has 1 aliphatic heterocycles. The molecule has 0 radical (unpaired) electrons. The number of allylic oxidation sites excluding steroid dienone is 2. The Hall–Kier alpha value is -2.53. The highest BCUT2D eigenvalue weighted by molar-refractivity contribution is 6.31. The van der Waals surface area contributed by atoms with Gasteiger partial charge in [0.05, 0.1) is 0 Å². The van der Waals surface area contributed by atoms with Crippen LogP contribution in [-0.4, -0.2) is 11.7 Å². The summed E-state index contributed by atoms with van der Waals surface area (Å²) in [6.45, 7) is 3.92. The largest absolute Gasteiger partial charge is 0.294 e. The third kappa shape index (κ3) is 3.48. The highest BCUT2D eigenvalue weighted by Crippen LogP contribution is 2.49. The summed E-state index contributed by atoms with van der Waals surface area (Å²) in [6.07, 6.45) is 0.697. The van der Waals surface area contributed by atoms with Crippen molar-refractivity contribution >= 4 is 29.0 Å². The van der Waals surface area contributed by atoms with Crippen LogP contribution in [0.3, 0.4) is 0 Å². The molecule has 0 spiro atoms. The van der Waals surface area contributed by atoms with Gasteiger partial charge in [-0.15, -0.1) is 0 Å². The molecule has 0 saturated heterocycles. The third-order valence-electron chi connectivity index (χ3n) is 5.58. The van der Waals surface area contributed by atoms with Crippen LogP contribution < -0.4 is 4.90 Å². The van der Waals surface area contributed by atoms with E-state index in [1.54, 1.807) is 6.07 Å². The molecular weight excluding hydrogens is 396 g/mol. The maximum absolute atomic E-state index is 14.7. The molecule has 150 valence electrons. The highest BCUT2D eigenvalue weighted by Gasteiger charge is 2.45. The Morgan fingerprint density at radius 3 is 2.38 bits per heavy atom. The van der Waals surface area contributed by atoms with Crippen LogP contribution in [0.5, 0.6) is 0 Å². The van der Waals surface area contributed by atoms with E-state index >= 15 is 0 Å². The smallest absolute Gasteiger partial charge is 0.232 e. The fourth-order valence-corrected chi connectivity index (χ4v) is 4.69. The van der Waals surface area contributed by atoms with E-state index in [1.807, 2.05) is 13.8 Å². The lowest BCUT2D eigenvalue weighted by molar-refractivity contribution is -0.121. The summed E-state index contributed by atoms with van der Waals surface area (Å²) in [5, 5.41) is 0.197. The van der Waals surface area contributed by atoms with Crippen molar-refractivity contribution in [3.05, 3.63) is 76.0 Å². The summed E-state index contributed by atoms with van der Waals surface area (Å²) in [5.74, 6) is -2.06. The van der Waals surface area contributed by atoms with Gasteiger partial charge in [0.2, 0.25) is 5.91 Å². The van der Waals surface area contributed by atoms with Crippen LogP contribution in [0.25, 0.3) is 0 Å². The van der Waals surface area contributed by atoms with Gasteiger partial charge in [0, 0.05) is 46.3 Å². The zero-order valence-electron chi connectivity index (χ0n) is 16.1. The first-order chi connectivity index (χ1) is 13.7. The van der Waals surface area contributed by atoms with E-state index < -0.39 is 17.6 Å². The molecule has 1 heterocycles. The maximum atomic E-state index is 14.7. The fraction of sp³-hybridized carbons (Fsp3) is 0.304. The Morgan fingerprint density at radius 1 is 1.03 bits per heavy atom. The Balaban J connectivity index is 1.94. The van der Waals surface area contributed by atoms with Crippen molar-refractivity contribution < 1.29 is 18.4 Å². The second-order valence-electron chi connectivity index (χ2n) is 8.40. The molecular formula is C23H20ClF2NO2. The minimum Gasteiger partial charge on any atom is -0.294 e. The lowest BCUT2D eigenvalue weighted by Crippen LogP contribution is -2.44. The average molecular weight is 416 g/mol. The van der Waals surface area contributed by atoms with Gasteiger partial charge in [-0.3, -0.25) is 14.5 Å². The molecule has 0 aromatic heterocycles. The molecule has 29 heavy (non-hydrogen) atoms. The molecule has 0 saturated carbocycles. The number of nitrogens with zero attached hydrogens (tertiary/aromatic N) is 1. The van der Waals surface area contributed by atoms with Crippen molar-refractivity contribution in [3.8, 4) is 0 Å². The molecule has 1 atom stereocenters. The SMILES string of the molecule is CC1(C)CC(=O)C2=C(C1)N(c1ccc(F)cc1)C(=O)CC2c1c(F)cccc1Cl. The standard InChI is InChI=1S/C23H20ClF2NO2/c1-23(2)11-18-22(19(28)12-23)15(21-16(24)4-3-5-17(21)26)10-20(29)27(18)14-8-6-13(25)7-9-14/h3-9,15H,10-12H2,1-2H3. The van der Waals surface area contributed by atoms with Gasteiger partial charge < -0.3 is 0 Å². The van der Waals surface area contributed by atoms with E-state index in [0.29, 0.717) is 29.8 Å². The summed E-state index contributed by atoms with van der Waals surface area (Å²) in [6, 6.07) is 9.93. The van der Waals surface area contributed by atoms with Crippen LogP contribution in [0.1, 0.15) is 44.6 Å². The van der Waals surface area contributed by atoms with Gasteiger partial charge >= 0.3 is 0 Å². The number of carbonyl (C=O) groups is 2. The van der Waals surface area contributed by atoms with Crippen LogP contribution in [0, 0.1) is 17.0 Å². The van der Waals surface area contributed by atoms with E-state index in [-0.39, 0.29) is 34.1 Å². The second kappa shape index (κ2) is 7.06. The minimum atomic E-state index is -0.730. The van der Waals surface area contributed by atoms with Crippen LogP contribution in [-0.2, 0) is 9.59 Å². The number of Topliss-reactive ketones (excluding diaryl/α,β-unsaturated/α-hetero) is 1. The fourth-order valence-electron chi connectivity index (χ4n) is 4.40. The molecule has 3 nitrogen and oxygen atoms in total. The first-order valence-electron chi connectivity index (χ1n) is 9.46. The summed E-state index contributed by atoms with van der Waals surface area (Å²) in [5.41, 5.74) is 1.31. The number of benzene rings is 2. The van der Waals surface area contributed by atoms with E-state index in [2.05, 4.69) is 0 Å². The number of amides is 1. The molecule has 2 aliphatic rings. The van der Waals surface area contributed by atoms with E-state index in [4.69, 9.17) is 11.6 Å². The predicted molar refractivity (Wildman–Crippen MR) is 108 cm³/mol. The number of carbonyl (C=O) groups excluding carboxylic acids is 2. The number of anilines is 1. The van der Waals surface area contributed by atoms with Crippen molar-refractivity contribution in [3.63, 3.8) is 0 Å². The van der Waals surface area contributed by atoms with E-state index in [1.165, 1.54) is 41.3 Å². The zero-order chi connectivity index (χ0) is 20.9. The molecule has 1 amide bonds. The molecule has 0 fully saturated rings. The van der Waals surface area contributed by atoms with Gasteiger partial charge in [0.1, 0.15) is 11.6 Å². The lowest BCUT2D eigenvalue weighted by Gasteiger charge is -2.43. The predicted octanol–water partition coefficient (Wildman–Crippen LogP) is 5.78. The Bertz CT molecular complexity index is 1020. The molecule has 0 bridgehead atoms. The monoisotopic (exact) mass is 415 g/mol. The van der Waals surface area contributed by atoms with Gasteiger partial charge in [0.15, 0.2) is 5.78 Å². The second-order valence-corrected chi connectivity index (χ2v) is 8.81. The van der Waals surface area contributed by atoms with E-state index in [9.17, 15) is 18.4 Å². The van der Waals surface area contributed by atoms with Crippen LogP contribution in [0.15, 0.2) is 53.7 Å². The number of ketones is 1. The number of hydrogen-bond donors (Lipinski definition) is 0. The highest BCUT2D eigenvalue weighted by atomic mass is 35.5. The van der Waals surface area contributed by atoms with Crippen molar-refractivity contribution in [1.82, 2.24) is 0 Å². The molecule has 4 rings (SSSR count). The Morgan fingerprint density at radius 2 is 1.72 bits per heavy atom. The molecule has 2 aromatic rings. The molecule has 2 aromatic carbocycles. The molecule has 6 heteroatoms. The summed E-state index contributed by atoms with van der Waals surface area (Å²) in [7, 11) is 0. The van der Waals surface area contributed by atoms with Crippen LogP contribution in [0.2, 0.25) is 5.02 Å². The van der Waals surface area contributed by atoms with Crippen molar-refractivity contribution in [2.75, 3.05) is 4.90 Å². The van der Waals surface area contributed by atoms with Crippen molar-refractivity contribution in [1.29, 1.82) is 0 Å². The molecule has 1 unspecified atom stereocenters. The van der Waals surface area contributed by atoms with Gasteiger partial charge in [0.25, 0.3) is 0 Å². The van der Waals surface area contributed by atoms with Gasteiger partial charge in [-0.25, -0.2) is 8.78 Å². The summed E-state index contributed by atoms with van der Waals surface area (Å²) >= 11 is 6.28. The Kier molecular flexibility index (Phi) is 4.82. The zero-order valence-corrected chi connectivity index (χ0v) is 16.9. The quantitative estimate of drug-likeness (QED) is 0.623. The van der Waals surface area contributed by atoms with Crippen molar-refractivity contribution in [2.45, 2.75) is 39.0 Å². The first-order valence-corrected chi connectivity index (χ1v) is 9.84. The summed E-state index contributed by atoms with van der Waals surface area (Å²) < 4.78 is 28.1. The normalized spacial score (nSPS) is 21.4.